The van der Waals surface area contributed by atoms with Crippen molar-refractivity contribution < 1.29 is 23.5 Å². The fourth-order valence-corrected chi connectivity index (χ4v) is 5.65. The van der Waals surface area contributed by atoms with Crippen LogP contribution in [0.1, 0.15) is 34.0 Å². The SMILES string of the molecule is C=CCOC(=O)C1=C(C)N=c2s/c(=C/c3cccs3)c(=O)n2[C@@H]1c1ccc(OC(=O)c2ccco2)cc1. The van der Waals surface area contributed by atoms with Gasteiger partial charge < -0.3 is 13.9 Å². The molecule has 37 heavy (non-hydrogen) atoms. The van der Waals surface area contributed by atoms with Gasteiger partial charge in [-0.3, -0.25) is 9.36 Å². The second kappa shape index (κ2) is 10.4. The molecule has 4 aromatic rings. The van der Waals surface area contributed by atoms with Gasteiger partial charge in [-0.15, -0.1) is 11.3 Å². The molecule has 186 valence electrons. The highest BCUT2D eigenvalue weighted by atomic mass is 32.1. The van der Waals surface area contributed by atoms with Gasteiger partial charge in [0, 0.05) is 4.88 Å². The molecule has 8 nitrogen and oxygen atoms in total. The summed E-state index contributed by atoms with van der Waals surface area (Å²) < 4.78 is 17.8. The number of ether oxygens (including phenoxy) is 2. The summed E-state index contributed by atoms with van der Waals surface area (Å²) in [6, 6.07) is 12.7. The van der Waals surface area contributed by atoms with E-state index in [1.165, 1.54) is 45.6 Å². The summed E-state index contributed by atoms with van der Waals surface area (Å²) in [4.78, 5) is 44.9. The molecule has 4 heterocycles. The van der Waals surface area contributed by atoms with Gasteiger partial charge in [0.1, 0.15) is 12.4 Å². The van der Waals surface area contributed by atoms with Crippen molar-refractivity contribution in [3.8, 4) is 5.75 Å². The number of benzene rings is 1. The van der Waals surface area contributed by atoms with Gasteiger partial charge >= 0.3 is 11.9 Å². The number of thiophene rings is 1. The van der Waals surface area contributed by atoms with Crippen LogP contribution in [0, 0.1) is 0 Å². The van der Waals surface area contributed by atoms with Crippen LogP contribution in [0.5, 0.6) is 5.75 Å². The van der Waals surface area contributed by atoms with Crippen molar-refractivity contribution in [2.24, 2.45) is 4.99 Å². The van der Waals surface area contributed by atoms with E-state index in [2.05, 4.69) is 11.6 Å². The van der Waals surface area contributed by atoms with Crippen LogP contribution in [0.2, 0.25) is 0 Å². The van der Waals surface area contributed by atoms with E-state index in [4.69, 9.17) is 13.9 Å². The minimum Gasteiger partial charge on any atom is -0.458 e. The third-order valence-electron chi connectivity index (χ3n) is 5.52. The van der Waals surface area contributed by atoms with E-state index in [0.29, 0.717) is 20.6 Å². The molecule has 0 saturated heterocycles. The van der Waals surface area contributed by atoms with Crippen molar-refractivity contribution in [1.29, 1.82) is 0 Å². The molecule has 0 saturated carbocycles. The second-order valence-electron chi connectivity index (χ2n) is 7.92. The zero-order chi connectivity index (χ0) is 25.9. The van der Waals surface area contributed by atoms with E-state index in [1.807, 2.05) is 23.6 Å². The number of nitrogens with zero attached hydrogens (tertiary/aromatic N) is 2. The Morgan fingerprint density at radius 3 is 2.65 bits per heavy atom. The highest BCUT2D eigenvalue weighted by molar-refractivity contribution is 7.11. The maximum absolute atomic E-state index is 13.6. The summed E-state index contributed by atoms with van der Waals surface area (Å²) in [7, 11) is 0. The topological polar surface area (TPSA) is 100 Å². The number of thiazole rings is 1. The lowest BCUT2D eigenvalue weighted by atomic mass is 9.96. The third-order valence-corrected chi connectivity index (χ3v) is 7.32. The minimum atomic E-state index is -0.783. The van der Waals surface area contributed by atoms with Crippen molar-refractivity contribution in [2.75, 3.05) is 6.61 Å². The van der Waals surface area contributed by atoms with E-state index in [1.54, 1.807) is 37.3 Å². The zero-order valence-corrected chi connectivity index (χ0v) is 21.2. The number of fused-ring (bicyclic) bond motifs is 1. The molecule has 10 heteroatoms. The first-order chi connectivity index (χ1) is 18.0. The standard InChI is InChI=1S/C27H20N2O6S2/c1-3-12-34-26(32)22-16(2)28-27-29(24(30)21(37-27)15-19-6-5-14-36-19)23(22)17-8-10-18(11-9-17)35-25(31)20-7-4-13-33-20/h3-11,13-15,23H,1,12H2,2H3/b21-15+/t23-/m1/s1. The maximum atomic E-state index is 13.6. The van der Waals surface area contributed by atoms with Crippen molar-refractivity contribution in [1.82, 2.24) is 4.57 Å². The quantitative estimate of drug-likeness (QED) is 0.204. The summed E-state index contributed by atoms with van der Waals surface area (Å²) in [6.07, 6.45) is 4.68. The average molecular weight is 533 g/mol. The van der Waals surface area contributed by atoms with Crippen LogP contribution in [-0.4, -0.2) is 23.1 Å². The van der Waals surface area contributed by atoms with Crippen molar-refractivity contribution in [3.05, 3.63) is 120 Å². The van der Waals surface area contributed by atoms with Gasteiger partial charge in [0.2, 0.25) is 5.76 Å². The normalized spacial score (nSPS) is 15.2. The molecule has 0 aliphatic carbocycles. The van der Waals surface area contributed by atoms with Gasteiger partial charge in [-0.25, -0.2) is 14.6 Å². The van der Waals surface area contributed by atoms with Gasteiger partial charge in [0.05, 0.1) is 28.1 Å². The maximum Gasteiger partial charge on any atom is 0.379 e. The van der Waals surface area contributed by atoms with Crippen molar-refractivity contribution in [2.45, 2.75) is 13.0 Å². The van der Waals surface area contributed by atoms with Crippen LogP contribution < -0.4 is 19.6 Å². The Kier molecular flexibility index (Phi) is 6.85. The molecule has 0 spiro atoms. The largest absolute Gasteiger partial charge is 0.458 e. The summed E-state index contributed by atoms with van der Waals surface area (Å²) >= 11 is 2.78. The van der Waals surface area contributed by atoms with Gasteiger partial charge in [0.25, 0.3) is 5.56 Å². The van der Waals surface area contributed by atoms with Crippen LogP contribution >= 0.6 is 22.7 Å². The van der Waals surface area contributed by atoms with Crippen LogP contribution in [0.4, 0.5) is 0 Å². The molecule has 0 bridgehead atoms. The first kappa shape index (κ1) is 24.4. The Bertz CT molecular complexity index is 1670. The summed E-state index contributed by atoms with van der Waals surface area (Å²) in [5, 5.41) is 1.93. The molecular weight excluding hydrogens is 512 g/mol. The van der Waals surface area contributed by atoms with E-state index in [9.17, 15) is 14.4 Å². The van der Waals surface area contributed by atoms with Crippen LogP contribution in [0.25, 0.3) is 6.08 Å². The highest BCUT2D eigenvalue weighted by Crippen LogP contribution is 2.31. The number of aromatic nitrogens is 1. The Hall–Kier alpha value is -4.28. The number of furan rings is 1. The first-order valence-corrected chi connectivity index (χ1v) is 12.9. The molecule has 0 radical (unpaired) electrons. The highest BCUT2D eigenvalue weighted by Gasteiger charge is 2.33. The van der Waals surface area contributed by atoms with E-state index >= 15 is 0 Å². The van der Waals surface area contributed by atoms with Crippen LogP contribution in [0.3, 0.4) is 0 Å². The lowest BCUT2D eigenvalue weighted by Gasteiger charge is -2.24. The van der Waals surface area contributed by atoms with Gasteiger partial charge in [0.15, 0.2) is 4.80 Å². The summed E-state index contributed by atoms with van der Waals surface area (Å²) in [6.45, 7) is 5.33. The first-order valence-electron chi connectivity index (χ1n) is 11.2. The third kappa shape index (κ3) is 4.89. The van der Waals surface area contributed by atoms with Crippen LogP contribution in [-0.2, 0) is 9.53 Å². The zero-order valence-electron chi connectivity index (χ0n) is 19.6. The van der Waals surface area contributed by atoms with Crippen LogP contribution in [0.15, 0.2) is 98.3 Å². The summed E-state index contributed by atoms with van der Waals surface area (Å²) in [5.41, 5.74) is 1.06. The fourth-order valence-electron chi connectivity index (χ4n) is 3.88. The summed E-state index contributed by atoms with van der Waals surface area (Å²) in [5.74, 6) is -0.866. The van der Waals surface area contributed by atoms with Gasteiger partial charge in [-0.1, -0.05) is 42.2 Å². The number of esters is 2. The molecule has 0 N–H and O–H groups in total. The number of allylic oxidation sites excluding steroid dienone is 1. The molecule has 0 amide bonds. The Balaban J connectivity index is 1.58. The van der Waals surface area contributed by atoms with E-state index in [-0.39, 0.29) is 29.2 Å². The lowest BCUT2D eigenvalue weighted by molar-refractivity contribution is -0.138. The Morgan fingerprint density at radius 1 is 1.16 bits per heavy atom. The van der Waals surface area contributed by atoms with E-state index < -0.39 is 18.0 Å². The number of hydrogen-bond acceptors (Lipinski definition) is 9. The van der Waals surface area contributed by atoms with Gasteiger partial charge in [-0.05, 0) is 54.3 Å². The second-order valence-corrected chi connectivity index (χ2v) is 9.91. The number of carbonyl (C=O) groups excluding carboxylic acids is 2. The molecule has 0 unspecified atom stereocenters. The molecule has 1 aliphatic rings. The van der Waals surface area contributed by atoms with Crippen molar-refractivity contribution >= 4 is 40.7 Å². The molecule has 3 aromatic heterocycles. The number of hydrogen-bond donors (Lipinski definition) is 0. The lowest BCUT2D eigenvalue weighted by Crippen LogP contribution is -2.39. The number of carbonyl (C=O) groups is 2. The predicted molar refractivity (Wildman–Crippen MR) is 139 cm³/mol. The smallest absolute Gasteiger partial charge is 0.379 e. The molecule has 5 rings (SSSR count). The minimum absolute atomic E-state index is 0.0206. The molecule has 1 aliphatic heterocycles. The molecular formula is C27H20N2O6S2. The molecule has 1 aromatic carbocycles. The average Bonchev–Trinajstić information content (AvgIpc) is 3.66. The monoisotopic (exact) mass is 532 g/mol. The predicted octanol–water partition coefficient (Wildman–Crippen LogP) is 3.84. The van der Waals surface area contributed by atoms with Gasteiger partial charge in [-0.2, -0.15) is 0 Å². The number of rotatable bonds is 7. The Morgan fingerprint density at radius 2 is 1.97 bits per heavy atom. The van der Waals surface area contributed by atoms with Crippen molar-refractivity contribution in [3.63, 3.8) is 0 Å². The van der Waals surface area contributed by atoms with E-state index in [0.717, 1.165) is 4.88 Å². The molecule has 0 fully saturated rings. The molecule has 1 atom stereocenters. The fraction of sp³-hybridized carbons (Fsp3) is 0.111. The Labute approximate surface area is 218 Å².